The third kappa shape index (κ3) is 2.66. The fraction of sp³-hybridized carbons (Fsp3) is 0.211. The van der Waals surface area contributed by atoms with Crippen LogP contribution in [0.5, 0.6) is 11.5 Å². The maximum atomic E-state index is 13.1. The maximum absolute atomic E-state index is 13.1. The van der Waals surface area contributed by atoms with Crippen LogP contribution in [0.15, 0.2) is 40.4 Å². The number of aromatic nitrogens is 1. The summed E-state index contributed by atoms with van der Waals surface area (Å²) in [6.07, 6.45) is 0. The number of amides is 3. The van der Waals surface area contributed by atoms with Crippen LogP contribution >= 0.6 is 22.7 Å². The molecule has 3 aromatic rings. The average molecular weight is 413 g/mol. The van der Waals surface area contributed by atoms with Crippen LogP contribution in [0.25, 0.3) is 10.6 Å². The topological polar surface area (TPSA) is 80.8 Å². The number of ether oxygens (including phenoxy) is 2. The summed E-state index contributed by atoms with van der Waals surface area (Å²) in [5.41, 5.74) is 1.22. The molecule has 0 spiro atoms. The monoisotopic (exact) mass is 413 g/mol. The Morgan fingerprint density at radius 1 is 1.21 bits per heavy atom. The number of carbonyl (C=O) groups is 2. The Morgan fingerprint density at radius 2 is 2.07 bits per heavy atom. The van der Waals surface area contributed by atoms with Gasteiger partial charge in [-0.15, -0.1) is 11.3 Å². The van der Waals surface area contributed by atoms with E-state index in [-0.39, 0.29) is 19.2 Å². The first-order chi connectivity index (χ1) is 13.5. The summed E-state index contributed by atoms with van der Waals surface area (Å²) in [5.74, 6) is 0.880. The van der Waals surface area contributed by atoms with Crippen LogP contribution < -0.4 is 14.8 Å². The molecule has 5 rings (SSSR count). The molecule has 7 nitrogen and oxygen atoms in total. The van der Waals surface area contributed by atoms with Crippen LogP contribution in [-0.4, -0.2) is 28.6 Å². The number of urea groups is 1. The first-order valence-electron chi connectivity index (χ1n) is 8.56. The molecule has 142 valence electrons. The molecule has 2 aliphatic heterocycles. The van der Waals surface area contributed by atoms with E-state index in [4.69, 9.17) is 9.47 Å². The van der Waals surface area contributed by atoms with Crippen molar-refractivity contribution in [1.82, 2.24) is 15.2 Å². The molecule has 1 unspecified atom stereocenters. The van der Waals surface area contributed by atoms with E-state index in [1.54, 1.807) is 36.5 Å². The summed E-state index contributed by atoms with van der Waals surface area (Å²) >= 11 is 3.10. The lowest BCUT2D eigenvalue weighted by Gasteiger charge is -2.22. The molecule has 9 heteroatoms. The van der Waals surface area contributed by atoms with Gasteiger partial charge in [-0.2, -0.15) is 11.3 Å². The van der Waals surface area contributed by atoms with Crippen molar-refractivity contribution in [3.05, 3.63) is 51.7 Å². The average Bonchev–Trinajstić information content (AvgIpc) is 3.47. The highest BCUT2D eigenvalue weighted by molar-refractivity contribution is 7.14. The van der Waals surface area contributed by atoms with Gasteiger partial charge in [-0.05, 0) is 36.1 Å². The second kappa shape index (κ2) is 6.32. The Hall–Kier alpha value is -2.91. The molecule has 1 saturated heterocycles. The standard InChI is InChI=1S/C19H15N3O4S2/c1-19(12-2-3-14-15(6-12)26-10-25-14)17(23)22(18(24)21-19)7-13-9-28-16(20-13)11-4-5-27-8-11/h2-6,8-9H,7,10H2,1H3,(H,21,24). The molecular formula is C19H15N3O4S2. The maximum Gasteiger partial charge on any atom is 0.325 e. The van der Waals surface area contributed by atoms with Gasteiger partial charge in [0.25, 0.3) is 5.91 Å². The van der Waals surface area contributed by atoms with Crippen molar-refractivity contribution in [1.29, 1.82) is 0 Å². The number of nitrogens with zero attached hydrogens (tertiary/aromatic N) is 2. The molecule has 0 saturated carbocycles. The quantitative estimate of drug-likeness (QED) is 0.662. The summed E-state index contributed by atoms with van der Waals surface area (Å²) in [7, 11) is 0. The molecule has 2 aromatic heterocycles. The summed E-state index contributed by atoms with van der Waals surface area (Å²) in [6, 6.07) is 6.82. The van der Waals surface area contributed by atoms with Crippen molar-refractivity contribution >= 4 is 34.6 Å². The minimum Gasteiger partial charge on any atom is -0.454 e. The number of rotatable bonds is 4. The van der Waals surface area contributed by atoms with E-state index in [9.17, 15) is 9.59 Å². The van der Waals surface area contributed by atoms with Crippen molar-refractivity contribution < 1.29 is 19.1 Å². The number of imide groups is 1. The molecule has 1 N–H and O–H groups in total. The predicted octanol–water partition coefficient (Wildman–Crippen LogP) is 3.57. The normalized spacial score (nSPS) is 20.7. The van der Waals surface area contributed by atoms with E-state index in [1.165, 1.54) is 16.2 Å². The zero-order valence-corrected chi connectivity index (χ0v) is 16.4. The van der Waals surface area contributed by atoms with Gasteiger partial charge in [0, 0.05) is 16.3 Å². The number of thiazole rings is 1. The third-order valence-corrected chi connectivity index (χ3v) is 6.49. The first kappa shape index (κ1) is 17.2. The van der Waals surface area contributed by atoms with Gasteiger partial charge in [-0.1, -0.05) is 6.07 Å². The number of benzene rings is 1. The predicted molar refractivity (Wildman–Crippen MR) is 104 cm³/mol. The number of carbonyl (C=O) groups excluding carboxylic acids is 2. The molecule has 1 fully saturated rings. The Kier molecular flexibility index (Phi) is 3.88. The molecule has 28 heavy (non-hydrogen) atoms. The zero-order valence-electron chi connectivity index (χ0n) is 14.8. The van der Waals surface area contributed by atoms with Gasteiger partial charge >= 0.3 is 6.03 Å². The Bertz CT molecular complexity index is 1080. The number of fused-ring (bicyclic) bond motifs is 1. The van der Waals surface area contributed by atoms with Crippen molar-refractivity contribution in [3.8, 4) is 22.1 Å². The van der Waals surface area contributed by atoms with Crippen LogP contribution in [-0.2, 0) is 16.9 Å². The number of hydrogen-bond donors (Lipinski definition) is 1. The highest BCUT2D eigenvalue weighted by Gasteiger charge is 2.49. The van der Waals surface area contributed by atoms with E-state index in [0.717, 1.165) is 10.6 Å². The summed E-state index contributed by atoms with van der Waals surface area (Å²) in [4.78, 5) is 31.5. The van der Waals surface area contributed by atoms with Gasteiger partial charge in [-0.3, -0.25) is 9.69 Å². The molecule has 2 aliphatic rings. The minimum absolute atomic E-state index is 0.130. The van der Waals surface area contributed by atoms with Crippen LogP contribution in [0, 0.1) is 0 Å². The summed E-state index contributed by atoms with van der Waals surface area (Å²) < 4.78 is 10.7. The van der Waals surface area contributed by atoms with Crippen LogP contribution in [0.4, 0.5) is 4.79 Å². The molecule has 1 atom stereocenters. The van der Waals surface area contributed by atoms with Crippen LogP contribution in [0.1, 0.15) is 18.2 Å². The highest BCUT2D eigenvalue weighted by Crippen LogP contribution is 2.38. The van der Waals surface area contributed by atoms with E-state index in [1.807, 2.05) is 22.2 Å². The fourth-order valence-electron chi connectivity index (χ4n) is 3.30. The van der Waals surface area contributed by atoms with Crippen molar-refractivity contribution in [2.24, 2.45) is 0 Å². The van der Waals surface area contributed by atoms with Gasteiger partial charge in [0.1, 0.15) is 10.5 Å². The number of hydrogen-bond acceptors (Lipinski definition) is 7. The lowest BCUT2D eigenvalue weighted by Crippen LogP contribution is -2.40. The molecular weight excluding hydrogens is 398 g/mol. The van der Waals surface area contributed by atoms with Gasteiger partial charge in [-0.25, -0.2) is 9.78 Å². The molecule has 0 radical (unpaired) electrons. The lowest BCUT2D eigenvalue weighted by atomic mass is 9.91. The fourth-order valence-corrected chi connectivity index (χ4v) is 4.83. The van der Waals surface area contributed by atoms with E-state index in [2.05, 4.69) is 10.3 Å². The Balaban J connectivity index is 1.40. The van der Waals surface area contributed by atoms with Crippen LogP contribution in [0.3, 0.4) is 0 Å². The molecule has 1 aromatic carbocycles. The van der Waals surface area contributed by atoms with E-state index < -0.39 is 11.6 Å². The zero-order chi connectivity index (χ0) is 19.3. The third-order valence-electron chi connectivity index (χ3n) is 4.86. The van der Waals surface area contributed by atoms with Gasteiger partial charge in [0.05, 0.1) is 12.2 Å². The minimum atomic E-state index is -1.16. The van der Waals surface area contributed by atoms with Gasteiger partial charge < -0.3 is 14.8 Å². The van der Waals surface area contributed by atoms with Crippen molar-refractivity contribution in [3.63, 3.8) is 0 Å². The SMILES string of the molecule is CC1(c2ccc3c(c2)OCO3)NC(=O)N(Cc2csc(-c3ccsc3)n2)C1=O. The molecule has 0 bridgehead atoms. The first-order valence-corrected chi connectivity index (χ1v) is 10.4. The van der Waals surface area contributed by atoms with E-state index in [0.29, 0.717) is 22.8 Å². The van der Waals surface area contributed by atoms with Gasteiger partial charge in [0.2, 0.25) is 6.79 Å². The Labute approximate surface area is 168 Å². The second-order valence-electron chi connectivity index (χ2n) is 6.67. The van der Waals surface area contributed by atoms with E-state index >= 15 is 0 Å². The molecule has 4 heterocycles. The molecule has 3 amide bonds. The summed E-state index contributed by atoms with van der Waals surface area (Å²) in [5, 5.41) is 9.58. The lowest BCUT2D eigenvalue weighted by molar-refractivity contribution is -0.131. The Morgan fingerprint density at radius 3 is 2.89 bits per heavy atom. The summed E-state index contributed by atoms with van der Waals surface area (Å²) in [6.45, 7) is 1.98. The second-order valence-corrected chi connectivity index (χ2v) is 8.31. The van der Waals surface area contributed by atoms with Crippen LogP contribution in [0.2, 0.25) is 0 Å². The smallest absolute Gasteiger partial charge is 0.325 e. The number of thiophene rings is 1. The van der Waals surface area contributed by atoms with Crippen molar-refractivity contribution in [2.45, 2.75) is 19.0 Å². The van der Waals surface area contributed by atoms with Gasteiger partial charge in [0.15, 0.2) is 11.5 Å². The highest BCUT2D eigenvalue weighted by atomic mass is 32.1. The molecule has 0 aliphatic carbocycles. The number of nitrogens with one attached hydrogen (secondary N) is 1. The van der Waals surface area contributed by atoms with Crippen molar-refractivity contribution in [2.75, 3.05) is 6.79 Å². The largest absolute Gasteiger partial charge is 0.454 e.